The Hall–Kier alpha value is -3.55. The zero-order valence-corrected chi connectivity index (χ0v) is 16.5. The number of rotatable bonds is 6. The maximum atomic E-state index is 8.97. The lowest BCUT2D eigenvalue weighted by atomic mass is 10.1. The van der Waals surface area contributed by atoms with Crippen LogP contribution in [-0.2, 0) is 13.1 Å². The van der Waals surface area contributed by atoms with E-state index in [1.807, 2.05) is 66.9 Å². The van der Waals surface area contributed by atoms with Gasteiger partial charge in [-0.25, -0.2) is 0 Å². The summed E-state index contributed by atoms with van der Waals surface area (Å²) >= 11 is 5.92. The Balaban J connectivity index is 1.52. The maximum Gasteiger partial charge on any atom is 0.0991 e. The highest BCUT2D eigenvalue weighted by Crippen LogP contribution is 2.21. The van der Waals surface area contributed by atoms with Crippen molar-refractivity contribution in [2.24, 2.45) is 5.10 Å². The van der Waals surface area contributed by atoms with E-state index in [1.54, 1.807) is 0 Å². The maximum absolute atomic E-state index is 8.97. The molecule has 0 spiro atoms. The normalized spacial score (nSPS) is 11.0. The number of halogens is 1. The van der Waals surface area contributed by atoms with Gasteiger partial charge in [-0.3, -0.25) is 0 Å². The van der Waals surface area contributed by atoms with Crippen molar-refractivity contribution in [2.45, 2.75) is 13.1 Å². The third kappa shape index (κ3) is 4.48. The SMILES string of the molecule is N#Cc1ccc(Cn2cc(/C=N\NCc3ccc(Cl)cc3)c3ccccc32)cc1. The third-order valence-corrected chi connectivity index (χ3v) is 5.00. The fourth-order valence-corrected chi connectivity index (χ4v) is 3.37. The van der Waals surface area contributed by atoms with Crippen molar-refractivity contribution >= 4 is 28.7 Å². The minimum Gasteiger partial charge on any atom is -0.342 e. The van der Waals surface area contributed by atoms with Gasteiger partial charge >= 0.3 is 0 Å². The number of hydrogen-bond donors (Lipinski definition) is 1. The highest BCUT2D eigenvalue weighted by atomic mass is 35.5. The molecule has 0 atom stereocenters. The van der Waals surface area contributed by atoms with Crippen LogP contribution in [0.1, 0.15) is 22.3 Å². The molecule has 5 heteroatoms. The molecule has 4 nitrogen and oxygen atoms in total. The van der Waals surface area contributed by atoms with Crippen LogP contribution in [0, 0.1) is 11.3 Å². The predicted molar refractivity (Wildman–Crippen MR) is 118 cm³/mol. The molecule has 0 aliphatic heterocycles. The van der Waals surface area contributed by atoms with Crippen LogP contribution in [0.15, 0.2) is 84.1 Å². The molecule has 1 N–H and O–H groups in total. The average Bonchev–Trinajstić information content (AvgIpc) is 3.10. The van der Waals surface area contributed by atoms with E-state index in [9.17, 15) is 0 Å². The number of benzene rings is 3. The van der Waals surface area contributed by atoms with Crippen LogP contribution in [0.25, 0.3) is 10.9 Å². The van der Waals surface area contributed by atoms with Crippen LogP contribution < -0.4 is 5.43 Å². The molecule has 29 heavy (non-hydrogen) atoms. The standard InChI is InChI=1S/C24H19ClN4/c25-22-11-9-19(10-12-22)14-27-28-15-21-17-29(24-4-2-1-3-23(21)24)16-20-7-5-18(13-26)6-8-20/h1-12,15,17,27H,14,16H2/b28-15-. The van der Waals surface area contributed by atoms with Gasteiger partial charge in [-0.15, -0.1) is 0 Å². The van der Waals surface area contributed by atoms with Gasteiger partial charge in [0.2, 0.25) is 0 Å². The monoisotopic (exact) mass is 398 g/mol. The van der Waals surface area contributed by atoms with Crippen molar-refractivity contribution in [1.82, 2.24) is 9.99 Å². The molecule has 0 aliphatic rings. The van der Waals surface area contributed by atoms with E-state index in [-0.39, 0.29) is 0 Å². The van der Waals surface area contributed by atoms with Crippen molar-refractivity contribution in [3.63, 3.8) is 0 Å². The van der Waals surface area contributed by atoms with Gasteiger partial charge in [0.05, 0.1) is 24.4 Å². The zero-order chi connectivity index (χ0) is 20.1. The number of nitrogens with zero attached hydrogens (tertiary/aromatic N) is 3. The summed E-state index contributed by atoms with van der Waals surface area (Å²) in [5.41, 5.74) is 8.23. The van der Waals surface area contributed by atoms with Crippen molar-refractivity contribution in [2.75, 3.05) is 0 Å². The molecular weight excluding hydrogens is 380 g/mol. The number of para-hydroxylation sites is 1. The number of aromatic nitrogens is 1. The summed E-state index contributed by atoms with van der Waals surface area (Å²) in [5.74, 6) is 0. The summed E-state index contributed by atoms with van der Waals surface area (Å²) in [7, 11) is 0. The molecule has 0 aliphatic carbocycles. The number of nitrogens with one attached hydrogen (secondary N) is 1. The summed E-state index contributed by atoms with van der Waals surface area (Å²) in [6.45, 7) is 1.37. The first-order valence-electron chi connectivity index (χ1n) is 9.30. The lowest BCUT2D eigenvalue weighted by molar-refractivity contribution is 0.748. The highest BCUT2D eigenvalue weighted by molar-refractivity contribution is 6.30. The first-order chi connectivity index (χ1) is 14.2. The van der Waals surface area contributed by atoms with E-state index in [4.69, 9.17) is 16.9 Å². The highest BCUT2D eigenvalue weighted by Gasteiger charge is 2.07. The Kier molecular flexibility index (Phi) is 5.60. The second-order valence-corrected chi connectivity index (χ2v) is 7.19. The van der Waals surface area contributed by atoms with Crippen molar-refractivity contribution in [1.29, 1.82) is 5.26 Å². The van der Waals surface area contributed by atoms with Crippen LogP contribution in [-0.4, -0.2) is 10.8 Å². The van der Waals surface area contributed by atoms with Gasteiger partial charge in [-0.05, 0) is 41.5 Å². The van der Waals surface area contributed by atoms with E-state index in [2.05, 4.69) is 39.5 Å². The molecule has 0 saturated carbocycles. The van der Waals surface area contributed by atoms with Crippen molar-refractivity contribution in [3.05, 3.63) is 106 Å². The van der Waals surface area contributed by atoms with Gasteiger partial charge in [0.25, 0.3) is 0 Å². The molecule has 0 saturated heterocycles. The molecule has 0 bridgehead atoms. The largest absolute Gasteiger partial charge is 0.342 e. The molecule has 4 aromatic rings. The van der Waals surface area contributed by atoms with E-state index in [0.717, 1.165) is 39.2 Å². The van der Waals surface area contributed by atoms with E-state index >= 15 is 0 Å². The van der Waals surface area contributed by atoms with Crippen LogP contribution in [0.2, 0.25) is 5.02 Å². The molecule has 3 aromatic carbocycles. The number of hydrazone groups is 1. The van der Waals surface area contributed by atoms with Crippen LogP contribution >= 0.6 is 11.6 Å². The van der Waals surface area contributed by atoms with E-state index < -0.39 is 0 Å². The summed E-state index contributed by atoms with van der Waals surface area (Å²) in [6, 6.07) is 25.8. The Bertz CT molecular complexity index is 1180. The molecule has 142 valence electrons. The molecule has 4 rings (SSSR count). The first kappa shape index (κ1) is 18.8. The fraction of sp³-hybridized carbons (Fsp3) is 0.0833. The van der Waals surface area contributed by atoms with Crippen LogP contribution in [0.5, 0.6) is 0 Å². The Morgan fingerprint density at radius 3 is 2.45 bits per heavy atom. The van der Waals surface area contributed by atoms with Crippen LogP contribution in [0.3, 0.4) is 0 Å². The molecule has 1 aromatic heterocycles. The average molecular weight is 399 g/mol. The van der Waals surface area contributed by atoms with Gasteiger partial charge in [0, 0.05) is 34.2 Å². The minimum absolute atomic E-state index is 0.636. The molecule has 0 radical (unpaired) electrons. The number of fused-ring (bicyclic) bond motifs is 1. The van der Waals surface area contributed by atoms with Gasteiger partial charge < -0.3 is 9.99 Å². The Labute approximate surface area is 174 Å². The summed E-state index contributed by atoms with van der Waals surface area (Å²) in [4.78, 5) is 0. The summed E-state index contributed by atoms with van der Waals surface area (Å²) < 4.78 is 2.21. The van der Waals surface area contributed by atoms with Gasteiger partial charge in [-0.1, -0.05) is 54.1 Å². The number of hydrogen-bond acceptors (Lipinski definition) is 3. The Morgan fingerprint density at radius 2 is 1.69 bits per heavy atom. The molecule has 0 fully saturated rings. The minimum atomic E-state index is 0.636. The van der Waals surface area contributed by atoms with Gasteiger partial charge in [0.15, 0.2) is 0 Å². The molecule has 0 unspecified atom stereocenters. The fourth-order valence-electron chi connectivity index (χ4n) is 3.24. The summed E-state index contributed by atoms with van der Waals surface area (Å²) in [6.07, 6.45) is 3.96. The third-order valence-electron chi connectivity index (χ3n) is 4.75. The first-order valence-corrected chi connectivity index (χ1v) is 9.68. The molecule has 1 heterocycles. The smallest absolute Gasteiger partial charge is 0.0991 e. The quantitative estimate of drug-likeness (QED) is 0.352. The second kappa shape index (κ2) is 8.64. The van der Waals surface area contributed by atoms with Crippen LogP contribution in [0.4, 0.5) is 0 Å². The zero-order valence-electron chi connectivity index (χ0n) is 15.7. The summed E-state index contributed by atoms with van der Waals surface area (Å²) in [5, 5.41) is 15.2. The second-order valence-electron chi connectivity index (χ2n) is 6.76. The van der Waals surface area contributed by atoms with Crippen molar-refractivity contribution in [3.8, 4) is 6.07 Å². The van der Waals surface area contributed by atoms with Gasteiger partial charge in [0.1, 0.15) is 0 Å². The molecule has 0 amide bonds. The van der Waals surface area contributed by atoms with Gasteiger partial charge in [-0.2, -0.15) is 10.4 Å². The molecular formula is C24H19ClN4. The lowest BCUT2D eigenvalue weighted by Gasteiger charge is -2.05. The van der Waals surface area contributed by atoms with E-state index in [0.29, 0.717) is 12.1 Å². The topological polar surface area (TPSA) is 53.1 Å². The van der Waals surface area contributed by atoms with E-state index in [1.165, 1.54) is 0 Å². The number of nitriles is 1. The predicted octanol–water partition coefficient (Wildman–Crippen LogP) is 5.34. The van der Waals surface area contributed by atoms with Crippen molar-refractivity contribution < 1.29 is 0 Å². The lowest BCUT2D eigenvalue weighted by Crippen LogP contribution is -2.05. The Morgan fingerprint density at radius 1 is 0.966 bits per heavy atom.